The lowest BCUT2D eigenvalue weighted by Gasteiger charge is -2.26. The first-order valence-electron chi connectivity index (χ1n) is 6.98. The maximum atomic E-state index is 5.70. The van der Waals surface area contributed by atoms with E-state index < -0.39 is 7.92 Å². The van der Waals surface area contributed by atoms with Gasteiger partial charge in [-0.25, -0.2) is 0 Å². The molecule has 0 aromatic carbocycles. The Morgan fingerprint density at radius 1 is 1.05 bits per heavy atom. The Morgan fingerprint density at radius 3 is 2.14 bits per heavy atom. The van der Waals surface area contributed by atoms with Gasteiger partial charge in [0.1, 0.15) is 11.0 Å². The summed E-state index contributed by atoms with van der Waals surface area (Å²) in [5, 5.41) is 1.76. The molecule has 1 unspecified atom stereocenters. The first-order chi connectivity index (χ1) is 10.0. The Morgan fingerprint density at radius 2 is 1.67 bits per heavy atom. The Hall–Kier alpha value is -1.18. The smallest absolute Gasteiger partial charge is 0.137 e. The van der Waals surface area contributed by atoms with Crippen LogP contribution in [-0.2, 0) is 0 Å². The molecule has 2 heterocycles. The summed E-state index contributed by atoms with van der Waals surface area (Å²) >= 11 is 1.97. The molecule has 2 nitrogen and oxygen atoms in total. The summed E-state index contributed by atoms with van der Waals surface area (Å²) in [6, 6.07) is 7.99. The highest BCUT2D eigenvalue weighted by Gasteiger charge is 2.32. The fraction of sp³-hybridized carbons (Fsp3) is 0.294. The van der Waals surface area contributed by atoms with Gasteiger partial charge in [0.25, 0.3) is 0 Å². The molecule has 2 aromatic heterocycles. The molecule has 1 atom stereocenters. The SMILES string of the molecule is CC(C)(C)SC1C=CC=C1P(c1ccco1)c1ccco1. The second-order valence-corrected chi connectivity index (χ2v) is 9.90. The standard InChI is InChI=1S/C17H19O2PS/c1-17(2,3)21-14-8-4-7-13(14)20(15-9-5-11-18-15)16-10-6-12-19-16/h4-12,14H,1-3H3. The van der Waals surface area contributed by atoms with Gasteiger partial charge in [-0.3, -0.25) is 0 Å². The van der Waals surface area contributed by atoms with Crippen molar-refractivity contribution < 1.29 is 8.83 Å². The summed E-state index contributed by atoms with van der Waals surface area (Å²) in [7, 11) is -0.726. The largest absolute Gasteiger partial charge is 0.464 e. The quantitative estimate of drug-likeness (QED) is 0.767. The van der Waals surface area contributed by atoms with Crippen molar-refractivity contribution in [3.05, 3.63) is 60.3 Å². The summed E-state index contributed by atoms with van der Waals surface area (Å²) in [5.74, 6) is 0. The molecule has 21 heavy (non-hydrogen) atoms. The molecule has 110 valence electrons. The number of hydrogen-bond donors (Lipinski definition) is 0. The number of furan rings is 2. The third-order valence-corrected chi connectivity index (χ3v) is 6.92. The molecule has 2 aromatic rings. The van der Waals surface area contributed by atoms with Crippen molar-refractivity contribution >= 4 is 30.7 Å². The molecule has 0 N–H and O–H groups in total. The van der Waals surface area contributed by atoms with Gasteiger partial charge in [-0.1, -0.05) is 39.0 Å². The summed E-state index contributed by atoms with van der Waals surface area (Å²) in [6.07, 6.45) is 10.1. The lowest BCUT2D eigenvalue weighted by molar-refractivity contribution is 0.593. The van der Waals surface area contributed by atoms with Crippen molar-refractivity contribution in [2.24, 2.45) is 0 Å². The Kier molecular flexibility index (Phi) is 4.14. The van der Waals surface area contributed by atoms with Gasteiger partial charge in [0.05, 0.1) is 20.4 Å². The molecule has 4 heteroatoms. The highest BCUT2D eigenvalue weighted by Crippen LogP contribution is 2.51. The van der Waals surface area contributed by atoms with E-state index in [-0.39, 0.29) is 4.75 Å². The molecule has 0 spiro atoms. The van der Waals surface area contributed by atoms with E-state index in [0.717, 1.165) is 11.0 Å². The molecular weight excluding hydrogens is 299 g/mol. The van der Waals surface area contributed by atoms with Crippen LogP contribution < -0.4 is 11.0 Å². The highest BCUT2D eigenvalue weighted by atomic mass is 32.2. The zero-order valence-electron chi connectivity index (χ0n) is 12.4. The van der Waals surface area contributed by atoms with Crippen LogP contribution in [0, 0.1) is 0 Å². The number of hydrogen-bond acceptors (Lipinski definition) is 3. The van der Waals surface area contributed by atoms with Crippen molar-refractivity contribution in [3.63, 3.8) is 0 Å². The molecule has 0 saturated carbocycles. The van der Waals surface area contributed by atoms with Crippen LogP contribution in [0.1, 0.15) is 20.8 Å². The summed E-state index contributed by atoms with van der Waals surface area (Å²) in [6.45, 7) is 6.76. The van der Waals surface area contributed by atoms with E-state index in [4.69, 9.17) is 8.83 Å². The van der Waals surface area contributed by atoms with Gasteiger partial charge in [0.15, 0.2) is 0 Å². The molecule has 0 saturated heterocycles. The molecule has 3 rings (SSSR count). The van der Waals surface area contributed by atoms with Gasteiger partial charge < -0.3 is 8.83 Å². The van der Waals surface area contributed by atoms with Crippen molar-refractivity contribution in [2.45, 2.75) is 30.8 Å². The molecule has 0 amide bonds. The van der Waals surface area contributed by atoms with E-state index in [1.54, 1.807) is 12.5 Å². The average molecular weight is 318 g/mol. The van der Waals surface area contributed by atoms with Gasteiger partial charge >= 0.3 is 0 Å². The van der Waals surface area contributed by atoms with E-state index in [2.05, 4.69) is 39.0 Å². The fourth-order valence-electron chi connectivity index (χ4n) is 2.29. The lowest BCUT2D eigenvalue weighted by atomic mass is 10.3. The van der Waals surface area contributed by atoms with Crippen molar-refractivity contribution in [3.8, 4) is 0 Å². The number of allylic oxidation sites excluding steroid dienone is 2. The highest BCUT2D eigenvalue weighted by molar-refractivity contribution is 8.02. The van der Waals surface area contributed by atoms with Gasteiger partial charge in [-0.05, 0) is 29.6 Å². The van der Waals surface area contributed by atoms with Gasteiger partial charge in [-0.15, -0.1) is 11.8 Å². The zero-order chi connectivity index (χ0) is 14.9. The molecule has 0 radical (unpaired) electrons. The predicted molar refractivity (Wildman–Crippen MR) is 92.0 cm³/mol. The minimum Gasteiger partial charge on any atom is -0.464 e. The molecule has 1 aliphatic carbocycles. The third-order valence-electron chi connectivity index (χ3n) is 3.04. The van der Waals surface area contributed by atoms with Crippen LogP contribution in [0.15, 0.2) is 69.2 Å². The van der Waals surface area contributed by atoms with E-state index in [9.17, 15) is 0 Å². The van der Waals surface area contributed by atoms with Crippen molar-refractivity contribution in [1.29, 1.82) is 0 Å². The van der Waals surface area contributed by atoms with E-state index in [1.165, 1.54) is 5.31 Å². The molecule has 0 fully saturated rings. The Labute approximate surface area is 131 Å². The number of thioether (sulfide) groups is 1. The van der Waals surface area contributed by atoms with Crippen LogP contribution in [0.5, 0.6) is 0 Å². The minimum absolute atomic E-state index is 0.214. The van der Waals surface area contributed by atoms with Crippen LogP contribution in [0.2, 0.25) is 0 Å². The molecular formula is C17H19O2PS. The molecule has 1 aliphatic rings. The first-order valence-corrected chi connectivity index (χ1v) is 9.20. The molecule has 0 aliphatic heterocycles. The van der Waals surface area contributed by atoms with Gasteiger partial charge in [0.2, 0.25) is 0 Å². The first kappa shape index (κ1) is 14.7. The van der Waals surface area contributed by atoms with Crippen LogP contribution in [0.4, 0.5) is 0 Å². The van der Waals surface area contributed by atoms with E-state index >= 15 is 0 Å². The van der Waals surface area contributed by atoms with Crippen molar-refractivity contribution in [1.82, 2.24) is 0 Å². The number of rotatable bonds is 4. The van der Waals surface area contributed by atoms with Crippen LogP contribution in [0.25, 0.3) is 0 Å². The fourth-order valence-corrected chi connectivity index (χ4v) is 6.00. The second kappa shape index (κ2) is 5.90. The zero-order valence-corrected chi connectivity index (χ0v) is 14.2. The van der Waals surface area contributed by atoms with Crippen molar-refractivity contribution in [2.75, 3.05) is 0 Å². The topological polar surface area (TPSA) is 26.3 Å². The summed E-state index contributed by atoms with van der Waals surface area (Å²) in [5.41, 5.74) is 1.99. The average Bonchev–Trinajstić information content (AvgIpc) is 3.12. The van der Waals surface area contributed by atoms with E-state index in [0.29, 0.717) is 5.25 Å². The van der Waals surface area contributed by atoms with Crippen LogP contribution in [-0.4, -0.2) is 10.00 Å². The van der Waals surface area contributed by atoms with Crippen LogP contribution in [0.3, 0.4) is 0 Å². The Balaban J connectivity index is 1.94. The monoisotopic (exact) mass is 318 g/mol. The van der Waals surface area contributed by atoms with Gasteiger partial charge in [-0.2, -0.15) is 0 Å². The normalized spacial score (nSPS) is 18.5. The third kappa shape index (κ3) is 3.36. The van der Waals surface area contributed by atoms with Gasteiger partial charge in [0, 0.05) is 10.00 Å². The second-order valence-electron chi connectivity index (χ2n) is 5.87. The maximum absolute atomic E-state index is 5.70. The van der Waals surface area contributed by atoms with E-state index in [1.807, 2.05) is 36.0 Å². The minimum atomic E-state index is -0.726. The Bertz CT molecular complexity index is 599. The molecule has 0 bridgehead atoms. The predicted octanol–water partition coefficient (Wildman–Crippen LogP) is 4.66. The summed E-state index contributed by atoms with van der Waals surface area (Å²) in [4.78, 5) is 0. The maximum Gasteiger partial charge on any atom is 0.137 e. The lowest BCUT2D eigenvalue weighted by Crippen LogP contribution is -2.18. The van der Waals surface area contributed by atoms with Crippen LogP contribution >= 0.6 is 19.7 Å². The summed E-state index contributed by atoms with van der Waals surface area (Å²) < 4.78 is 11.6.